The van der Waals surface area contributed by atoms with Gasteiger partial charge in [-0.05, 0) is 0 Å². The lowest BCUT2D eigenvalue weighted by atomic mass is 10.3. The van der Waals surface area contributed by atoms with Gasteiger partial charge in [-0.2, -0.15) is 0 Å². The molecular formula is C9H16N4O2. The molecule has 0 aromatic heterocycles. The van der Waals surface area contributed by atoms with Crippen LogP contribution in [0.3, 0.4) is 0 Å². The van der Waals surface area contributed by atoms with Crippen molar-refractivity contribution < 1.29 is 9.59 Å². The van der Waals surface area contributed by atoms with Gasteiger partial charge in [0.25, 0.3) is 5.91 Å². The fraction of sp³-hybridized carbons (Fsp3) is 0.556. The van der Waals surface area contributed by atoms with Crippen molar-refractivity contribution in [3.63, 3.8) is 0 Å². The summed E-state index contributed by atoms with van der Waals surface area (Å²) in [7, 11) is 6.77. The molecule has 0 aliphatic carbocycles. The maximum Gasteiger partial charge on any atom is 0.273 e. The molecule has 0 atom stereocenters. The van der Waals surface area contributed by atoms with Crippen LogP contribution < -0.4 is 5.32 Å². The van der Waals surface area contributed by atoms with Crippen molar-refractivity contribution in [3.8, 4) is 0 Å². The number of nitrogens with one attached hydrogen (secondary N) is 1. The molecule has 84 valence electrons. The summed E-state index contributed by atoms with van der Waals surface area (Å²) in [5, 5.41) is 3.00. The normalized spacial score (nSPS) is 15.1. The first-order valence-corrected chi connectivity index (χ1v) is 4.58. The van der Waals surface area contributed by atoms with Gasteiger partial charge in [0.1, 0.15) is 11.5 Å². The second-order valence-electron chi connectivity index (χ2n) is 3.65. The van der Waals surface area contributed by atoms with Gasteiger partial charge in [-0.1, -0.05) is 0 Å². The lowest BCUT2D eigenvalue weighted by molar-refractivity contribution is -0.126. The first kappa shape index (κ1) is 11.4. The largest absolute Gasteiger partial charge is 0.352 e. The zero-order chi connectivity index (χ0) is 11.6. The highest BCUT2D eigenvalue weighted by Crippen LogP contribution is 2.16. The van der Waals surface area contributed by atoms with Crippen molar-refractivity contribution in [2.75, 3.05) is 34.9 Å². The van der Waals surface area contributed by atoms with E-state index in [-0.39, 0.29) is 5.91 Å². The highest BCUT2D eigenvalue weighted by Gasteiger charge is 2.28. The third-order valence-corrected chi connectivity index (χ3v) is 2.21. The van der Waals surface area contributed by atoms with Gasteiger partial charge in [0.2, 0.25) is 6.41 Å². The Labute approximate surface area is 89.1 Å². The van der Waals surface area contributed by atoms with Gasteiger partial charge in [0.15, 0.2) is 0 Å². The predicted molar refractivity (Wildman–Crippen MR) is 55.3 cm³/mol. The molecule has 0 bridgehead atoms. The van der Waals surface area contributed by atoms with E-state index in [1.165, 1.54) is 9.80 Å². The van der Waals surface area contributed by atoms with Gasteiger partial charge in [-0.3, -0.25) is 9.59 Å². The highest BCUT2D eigenvalue weighted by molar-refractivity contribution is 5.93. The summed E-state index contributed by atoms with van der Waals surface area (Å²) in [6.45, 7) is 0.530. The number of amides is 2. The zero-order valence-electron chi connectivity index (χ0n) is 9.44. The van der Waals surface area contributed by atoms with Gasteiger partial charge in [0, 0.05) is 28.2 Å². The molecule has 0 radical (unpaired) electrons. The maximum atomic E-state index is 11.8. The summed E-state index contributed by atoms with van der Waals surface area (Å²) in [5.41, 5.74) is 0.509. The molecule has 2 amide bonds. The van der Waals surface area contributed by atoms with Crippen molar-refractivity contribution in [2.45, 2.75) is 0 Å². The van der Waals surface area contributed by atoms with E-state index >= 15 is 0 Å². The van der Waals surface area contributed by atoms with E-state index in [0.717, 1.165) is 0 Å². The monoisotopic (exact) mass is 212 g/mol. The van der Waals surface area contributed by atoms with E-state index in [0.29, 0.717) is 24.6 Å². The average Bonchev–Trinajstić information content (AvgIpc) is 2.57. The smallest absolute Gasteiger partial charge is 0.273 e. The van der Waals surface area contributed by atoms with E-state index in [1.807, 2.05) is 0 Å². The van der Waals surface area contributed by atoms with Crippen LogP contribution in [0.15, 0.2) is 11.5 Å². The van der Waals surface area contributed by atoms with E-state index in [4.69, 9.17) is 0 Å². The first-order valence-electron chi connectivity index (χ1n) is 4.58. The Hall–Kier alpha value is -1.72. The molecule has 0 spiro atoms. The van der Waals surface area contributed by atoms with Crippen molar-refractivity contribution in [1.82, 2.24) is 20.0 Å². The first-order chi connectivity index (χ1) is 6.99. The number of hydrogen-bond acceptors (Lipinski definition) is 4. The molecule has 1 aliphatic heterocycles. The minimum absolute atomic E-state index is 0.119. The molecule has 1 rings (SSSR count). The summed E-state index contributed by atoms with van der Waals surface area (Å²) in [5.74, 6) is 0.428. The number of nitrogens with zero attached hydrogens (tertiary/aromatic N) is 3. The summed E-state index contributed by atoms with van der Waals surface area (Å²) < 4.78 is 0. The SMILES string of the molecule is CN(C)C(=O)C1=C(N(C)C=O)NCN1C. The second kappa shape index (κ2) is 4.20. The Morgan fingerprint density at radius 1 is 1.47 bits per heavy atom. The van der Waals surface area contributed by atoms with Crippen molar-refractivity contribution in [2.24, 2.45) is 0 Å². The lowest BCUT2D eigenvalue weighted by Gasteiger charge is -2.19. The molecule has 6 nitrogen and oxygen atoms in total. The molecule has 0 saturated carbocycles. The van der Waals surface area contributed by atoms with Gasteiger partial charge in [0.05, 0.1) is 6.67 Å². The van der Waals surface area contributed by atoms with Crippen LogP contribution in [-0.2, 0) is 9.59 Å². The van der Waals surface area contributed by atoms with E-state index in [9.17, 15) is 9.59 Å². The number of rotatable bonds is 3. The molecule has 15 heavy (non-hydrogen) atoms. The van der Waals surface area contributed by atoms with E-state index in [2.05, 4.69) is 5.32 Å². The summed E-state index contributed by atoms with van der Waals surface area (Å²) in [6, 6.07) is 0. The molecule has 0 fully saturated rings. The Kier molecular flexibility index (Phi) is 3.18. The average molecular weight is 212 g/mol. The number of hydrogen-bond donors (Lipinski definition) is 1. The molecule has 1 heterocycles. The lowest BCUT2D eigenvalue weighted by Crippen LogP contribution is -2.32. The fourth-order valence-electron chi connectivity index (χ4n) is 1.36. The van der Waals surface area contributed by atoms with Crippen LogP contribution in [-0.4, -0.2) is 61.9 Å². The Balaban J connectivity index is 3.06. The summed E-state index contributed by atoms with van der Waals surface area (Å²) in [6.07, 6.45) is 0.671. The van der Waals surface area contributed by atoms with Gasteiger partial charge in [-0.25, -0.2) is 0 Å². The van der Waals surface area contributed by atoms with Gasteiger partial charge < -0.3 is 20.0 Å². The van der Waals surface area contributed by atoms with Crippen LogP contribution in [0.4, 0.5) is 0 Å². The second-order valence-corrected chi connectivity index (χ2v) is 3.65. The van der Waals surface area contributed by atoms with Crippen LogP contribution in [0.25, 0.3) is 0 Å². The van der Waals surface area contributed by atoms with Crippen LogP contribution in [0, 0.1) is 0 Å². The molecule has 0 aromatic carbocycles. The Morgan fingerprint density at radius 2 is 2.07 bits per heavy atom. The van der Waals surface area contributed by atoms with Crippen LogP contribution in [0.2, 0.25) is 0 Å². The molecule has 6 heteroatoms. The van der Waals surface area contributed by atoms with Crippen molar-refractivity contribution >= 4 is 12.3 Å². The maximum absolute atomic E-state index is 11.8. The third-order valence-electron chi connectivity index (χ3n) is 2.21. The Morgan fingerprint density at radius 3 is 2.53 bits per heavy atom. The predicted octanol–water partition coefficient (Wildman–Crippen LogP) is -1.18. The molecular weight excluding hydrogens is 196 g/mol. The standard InChI is InChI=1S/C9H16N4O2/c1-11(2)9(15)7-8(13(4)6-14)10-5-12(7)3/h6,10H,5H2,1-4H3. The minimum Gasteiger partial charge on any atom is -0.352 e. The molecule has 1 aliphatic rings. The molecule has 0 unspecified atom stereocenters. The zero-order valence-corrected chi connectivity index (χ0v) is 9.44. The van der Waals surface area contributed by atoms with Crippen molar-refractivity contribution in [1.29, 1.82) is 0 Å². The quantitative estimate of drug-likeness (QED) is 0.599. The van der Waals surface area contributed by atoms with Crippen LogP contribution in [0.5, 0.6) is 0 Å². The topological polar surface area (TPSA) is 55.9 Å². The molecule has 0 saturated heterocycles. The van der Waals surface area contributed by atoms with Crippen molar-refractivity contribution in [3.05, 3.63) is 11.5 Å². The van der Waals surface area contributed by atoms with Crippen LogP contribution >= 0.6 is 0 Å². The summed E-state index contributed by atoms with van der Waals surface area (Å²) in [4.78, 5) is 27.1. The highest BCUT2D eigenvalue weighted by atomic mass is 16.2. The van der Waals surface area contributed by atoms with Crippen LogP contribution in [0.1, 0.15) is 0 Å². The number of carbonyl (C=O) groups is 2. The number of carbonyl (C=O) groups excluding carboxylic acids is 2. The third kappa shape index (κ3) is 2.03. The summed E-state index contributed by atoms with van der Waals surface area (Å²) >= 11 is 0. The van der Waals surface area contributed by atoms with E-state index < -0.39 is 0 Å². The minimum atomic E-state index is -0.119. The van der Waals surface area contributed by atoms with Gasteiger partial charge >= 0.3 is 0 Å². The molecule has 0 aromatic rings. The Bertz CT molecular complexity index is 311. The van der Waals surface area contributed by atoms with Gasteiger partial charge in [-0.15, -0.1) is 0 Å². The van der Waals surface area contributed by atoms with E-state index in [1.54, 1.807) is 33.1 Å². The fourth-order valence-corrected chi connectivity index (χ4v) is 1.36. The molecule has 1 N–H and O–H groups in total. The number of likely N-dealkylation sites (N-methyl/N-ethyl adjacent to an activating group) is 2.